The number of hydrogen-bond acceptors (Lipinski definition) is 3. The second-order valence-electron chi connectivity index (χ2n) is 3.60. The fraction of sp³-hybridized carbons (Fsp3) is 0.273. The largest absolute Gasteiger partial charge is 0.464 e. The number of esters is 1. The van der Waals surface area contributed by atoms with Crippen LogP contribution in [0.5, 0.6) is 0 Å². The van der Waals surface area contributed by atoms with Crippen molar-refractivity contribution in [2.75, 3.05) is 7.11 Å². The normalized spacial score (nSPS) is 10.8. The van der Waals surface area contributed by atoms with Gasteiger partial charge in [-0.25, -0.2) is 9.78 Å². The fourth-order valence-corrected chi connectivity index (χ4v) is 1.99. The zero-order valence-corrected chi connectivity index (χ0v) is 10.00. The monoisotopic (exact) mass is 238 g/mol. The average Bonchev–Trinajstić information content (AvgIpc) is 2.54. The fourth-order valence-electron chi connectivity index (χ4n) is 1.69. The molecule has 84 valence electrons. The number of pyridine rings is 1. The Kier molecular flexibility index (Phi) is 2.59. The standard InChI is InChI=1S/C11H11ClN2O2/c1-6-4-8(12)10-13-7(2)9(11(15)16-3)14(10)5-6/h4-5H,1-3H3. The molecule has 0 aliphatic carbocycles. The van der Waals surface area contributed by atoms with Gasteiger partial charge in [-0.1, -0.05) is 11.6 Å². The Bertz CT molecular complexity index is 575. The number of imidazole rings is 1. The first kappa shape index (κ1) is 11.0. The molecule has 0 bridgehead atoms. The SMILES string of the molecule is COC(=O)c1c(C)nc2c(Cl)cc(C)cn12. The van der Waals surface area contributed by atoms with Crippen LogP contribution in [0.3, 0.4) is 0 Å². The minimum absolute atomic E-state index is 0.410. The number of halogens is 1. The summed E-state index contributed by atoms with van der Waals surface area (Å²) in [6, 6.07) is 1.81. The molecule has 0 fully saturated rings. The van der Waals surface area contributed by atoms with Crippen molar-refractivity contribution in [1.29, 1.82) is 0 Å². The second-order valence-corrected chi connectivity index (χ2v) is 4.00. The molecule has 4 nitrogen and oxygen atoms in total. The predicted molar refractivity (Wildman–Crippen MR) is 61.0 cm³/mol. The summed E-state index contributed by atoms with van der Waals surface area (Å²) in [5, 5.41) is 0.526. The van der Waals surface area contributed by atoms with Gasteiger partial charge in [0.15, 0.2) is 11.3 Å². The lowest BCUT2D eigenvalue weighted by Crippen LogP contribution is -2.07. The molecular formula is C11H11ClN2O2. The van der Waals surface area contributed by atoms with Crippen molar-refractivity contribution in [1.82, 2.24) is 9.38 Å². The third-order valence-electron chi connectivity index (χ3n) is 2.36. The van der Waals surface area contributed by atoms with Crippen LogP contribution in [0.4, 0.5) is 0 Å². The number of hydrogen-bond donors (Lipinski definition) is 0. The molecule has 0 saturated heterocycles. The summed E-state index contributed by atoms with van der Waals surface area (Å²) in [5.74, 6) is -0.410. The van der Waals surface area contributed by atoms with E-state index in [0.29, 0.717) is 22.1 Å². The van der Waals surface area contributed by atoms with Gasteiger partial charge in [-0.15, -0.1) is 0 Å². The van der Waals surface area contributed by atoms with Gasteiger partial charge in [-0.2, -0.15) is 0 Å². The van der Waals surface area contributed by atoms with Gasteiger partial charge in [0.25, 0.3) is 0 Å². The molecule has 0 saturated carbocycles. The summed E-state index contributed by atoms with van der Waals surface area (Å²) < 4.78 is 6.39. The molecule has 0 spiro atoms. The molecule has 0 aliphatic rings. The summed E-state index contributed by atoms with van der Waals surface area (Å²) in [6.07, 6.45) is 1.81. The van der Waals surface area contributed by atoms with Gasteiger partial charge in [-0.3, -0.25) is 4.40 Å². The molecule has 5 heteroatoms. The Labute approximate surface area is 97.8 Å². The summed E-state index contributed by atoms with van der Waals surface area (Å²) in [6.45, 7) is 3.66. The molecule has 2 aromatic rings. The van der Waals surface area contributed by atoms with Crippen molar-refractivity contribution in [2.45, 2.75) is 13.8 Å². The van der Waals surface area contributed by atoms with Crippen LogP contribution in [0.1, 0.15) is 21.7 Å². The van der Waals surface area contributed by atoms with E-state index in [1.807, 2.05) is 19.2 Å². The first-order valence-electron chi connectivity index (χ1n) is 4.77. The number of carbonyl (C=O) groups is 1. The molecular weight excluding hydrogens is 228 g/mol. The molecule has 0 aliphatic heterocycles. The van der Waals surface area contributed by atoms with Crippen LogP contribution in [0.2, 0.25) is 5.02 Å². The topological polar surface area (TPSA) is 43.6 Å². The average molecular weight is 239 g/mol. The summed E-state index contributed by atoms with van der Waals surface area (Å²) in [5.41, 5.74) is 2.56. The third kappa shape index (κ3) is 1.55. The highest BCUT2D eigenvalue weighted by atomic mass is 35.5. The summed E-state index contributed by atoms with van der Waals surface area (Å²) in [4.78, 5) is 15.9. The minimum Gasteiger partial charge on any atom is -0.464 e. The Morgan fingerprint density at radius 2 is 2.19 bits per heavy atom. The van der Waals surface area contributed by atoms with Gasteiger partial charge < -0.3 is 4.74 Å². The van der Waals surface area contributed by atoms with E-state index >= 15 is 0 Å². The van der Waals surface area contributed by atoms with Crippen LogP contribution in [0.15, 0.2) is 12.3 Å². The number of aromatic nitrogens is 2. The van der Waals surface area contributed by atoms with Crippen LogP contribution < -0.4 is 0 Å². The maximum Gasteiger partial charge on any atom is 0.356 e. The number of methoxy groups -OCH3 is 1. The highest BCUT2D eigenvalue weighted by molar-refractivity contribution is 6.33. The highest BCUT2D eigenvalue weighted by Crippen LogP contribution is 2.22. The summed E-state index contributed by atoms with van der Waals surface area (Å²) >= 11 is 6.06. The third-order valence-corrected chi connectivity index (χ3v) is 2.64. The molecule has 0 N–H and O–H groups in total. The van der Waals surface area contributed by atoms with Gasteiger partial charge in [0, 0.05) is 6.20 Å². The lowest BCUT2D eigenvalue weighted by molar-refractivity contribution is 0.0592. The lowest BCUT2D eigenvalue weighted by atomic mass is 10.3. The van der Waals surface area contributed by atoms with Gasteiger partial charge in [-0.05, 0) is 25.5 Å². The van der Waals surface area contributed by atoms with E-state index in [4.69, 9.17) is 16.3 Å². The first-order chi connectivity index (χ1) is 7.54. The van der Waals surface area contributed by atoms with Crippen molar-refractivity contribution < 1.29 is 9.53 Å². The highest BCUT2D eigenvalue weighted by Gasteiger charge is 2.18. The Morgan fingerprint density at radius 3 is 2.81 bits per heavy atom. The van der Waals surface area contributed by atoms with Crippen LogP contribution >= 0.6 is 11.6 Å². The molecule has 2 heterocycles. The number of nitrogens with zero attached hydrogens (tertiary/aromatic N) is 2. The number of fused-ring (bicyclic) bond motifs is 1. The van der Waals surface area contributed by atoms with E-state index in [1.165, 1.54) is 7.11 Å². The Morgan fingerprint density at radius 1 is 1.50 bits per heavy atom. The number of carbonyl (C=O) groups excluding carboxylic acids is 1. The number of rotatable bonds is 1. The molecule has 0 atom stereocenters. The molecule has 0 radical (unpaired) electrons. The van der Waals surface area contributed by atoms with Crippen LogP contribution in [-0.4, -0.2) is 22.5 Å². The van der Waals surface area contributed by atoms with E-state index < -0.39 is 5.97 Å². The maximum absolute atomic E-state index is 11.6. The molecule has 16 heavy (non-hydrogen) atoms. The van der Waals surface area contributed by atoms with E-state index in [-0.39, 0.29) is 0 Å². The minimum atomic E-state index is -0.410. The van der Waals surface area contributed by atoms with Crippen LogP contribution in [-0.2, 0) is 4.74 Å². The Balaban J connectivity index is 2.83. The van der Waals surface area contributed by atoms with E-state index in [1.54, 1.807) is 11.3 Å². The van der Waals surface area contributed by atoms with Crippen molar-refractivity contribution in [3.63, 3.8) is 0 Å². The Hall–Kier alpha value is -1.55. The van der Waals surface area contributed by atoms with E-state index in [2.05, 4.69) is 4.98 Å². The number of aryl methyl sites for hydroxylation is 2. The molecule has 0 aromatic carbocycles. The zero-order valence-electron chi connectivity index (χ0n) is 9.24. The molecule has 2 aromatic heterocycles. The molecule has 2 rings (SSSR count). The van der Waals surface area contributed by atoms with E-state index in [0.717, 1.165) is 5.56 Å². The van der Waals surface area contributed by atoms with Gasteiger partial charge >= 0.3 is 5.97 Å². The molecule has 0 amide bonds. The number of ether oxygens (including phenoxy) is 1. The smallest absolute Gasteiger partial charge is 0.356 e. The van der Waals surface area contributed by atoms with Crippen molar-refractivity contribution in [3.8, 4) is 0 Å². The quantitative estimate of drug-likeness (QED) is 0.717. The van der Waals surface area contributed by atoms with Crippen LogP contribution in [0.25, 0.3) is 5.65 Å². The van der Waals surface area contributed by atoms with Crippen LogP contribution in [0, 0.1) is 13.8 Å². The van der Waals surface area contributed by atoms with Gasteiger partial charge in [0.1, 0.15) is 0 Å². The first-order valence-corrected chi connectivity index (χ1v) is 5.15. The molecule has 0 unspecified atom stereocenters. The van der Waals surface area contributed by atoms with E-state index in [9.17, 15) is 4.79 Å². The van der Waals surface area contributed by atoms with Crippen molar-refractivity contribution in [2.24, 2.45) is 0 Å². The van der Waals surface area contributed by atoms with Gasteiger partial charge in [0.05, 0.1) is 17.8 Å². The lowest BCUT2D eigenvalue weighted by Gasteiger charge is -2.02. The predicted octanol–water partition coefficient (Wildman–Crippen LogP) is 2.39. The maximum atomic E-state index is 11.6. The summed E-state index contributed by atoms with van der Waals surface area (Å²) in [7, 11) is 1.35. The second kappa shape index (κ2) is 3.79. The van der Waals surface area contributed by atoms with Gasteiger partial charge in [0.2, 0.25) is 0 Å². The van der Waals surface area contributed by atoms with Crippen molar-refractivity contribution >= 4 is 23.2 Å². The van der Waals surface area contributed by atoms with Crippen molar-refractivity contribution in [3.05, 3.63) is 34.2 Å². The zero-order chi connectivity index (χ0) is 11.9.